The highest BCUT2D eigenvalue weighted by atomic mass is 19.3. The van der Waals surface area contributed by atoms with Crippen LogP contribution >= 0.6 is 0 Å². The summed E-state index contributed by atoms with van der Waals surface area (Å²) >= 11 is 0. The molecular formula is C10H10F2O2. The molecule has 0 aliphatic carbocycles. The maximum Gasteiger partial charge on any atom is 0.263 e. The predicted molar refractivity (Wildman–Crippen MR) is 47.7 cm³/mol. The molecule has 0 unspecified atom stereocenters. The largest absolute Gasteiger partial charge is 0.507 e. The van der Waals surface area contributed by atoms with E-state index in [0.29, 0.717) is 0 Å². The van der Waals surface area contributed by atoms with Crippen LogP contribution in [0.2, 0.25) is 0 Å². The molecule has 0 aliphatic rings. The molecule has 0 heterocycles. The second kappa shape index (κ2) is 4.17. The molecule has 0 amide bonds. The second-order valence-corrected chi connectivity index (χ2v) is 2.85. The van der Waals surface area contributed by atoms with Crippen molar-refractivity contribution in [2.45, 2.75) is 19.8 Å². The molecule has 0 aromatic heterocycles. The van der Waals surface area contributed by atoms with E-state index in [-0.39, 0.29) is 29.1 Å². The van der Waals surface area contributed by atoms with E-state index < -0.39 is 6.43 Å². The predicted octanol–water partition coefficient (Wildman–Crippen LogP) is 2.92. The highest BCUT2D eigenvalue weighted by Crippen LogP contribution is 2.26. The van der Waals surface area contributed by atoms with Gasteiger partial charge in [-0.1, -0.05) is 13.0 Å². The number of Topliss-reactive ketones (excluding diaryl/α,β-unsaturated/α-hetero) is 1. The summed E-state index contributed by atoms with van der Waals surface area (Å²) in [4.78, 5) is 11.2. The van der Waals surface area contributed by atoms with Crippen molar-refractivity contribution >= 4 is 5.78 Å². The van der Waals surface area contributed by atoms with Crippen LogP contribution in [0.1, 0.15) is 35.7 Å². The van der Waals surface area contributed by atoms with E-state index in [2.05, 4.69) is 0 Å². The van der Waals surface area contributed by atoms with Gasteiger partial charge in [0.25, 0.3) is 6.43 Å². The molecule has 1 aromatic rings. The van der Waals surface area contributed by atoms with Gasteiger partial charge in [0.15, 0.2) is 5.78 Å². The number of carbonyl (C=O) groups is 1. The Balaban J connectivity index is 3.07. The first-order valence-corrected chi connectivity index (χ1v) is 4.20. The molecule has 0 saturated carbocycles. The van der Waals surface area contributed by atoms with Crippen molar-refractivity contribution in [2.75, 3.05) is 0 Å². The first-order valence-electron chi connectivity index (χ1n) is 4.20. The molecule has 0 bridgehead atoms. The van der Waals surface area contributed by atoms with Gasteiger partial charge in [-0.15, -0.1) is 0 Å². The number of phenols is 1. The number of benzene rings is 1. The van der Waals surface area contributed by atoms with Crippen molar-refractivity contribution in [1.82, 2.24) is 0 Å². The summed E-state index contributed by atoms with van der Waals surface area (Å²) in [7, 11) is 0. The van der Waals surface area contributed by atoms with Crippen molar-refractivity contribution < 1.29 is 18.7 Å². The van der Waals surface area contributed by atoms with E-state index in [1.807, 2.05) is 0 Å². The SMILES string of the molecule is CCC(=O)c1ccc(C(F)F)cc1O. The summed E-state index contributed by atoms with van der Waals surface area (Å²) in [5, 5.41) is 9.29. The molecule has 2 nitrogen and oxygen atoms in total. The minimum Gasteiger partial charge on any atom is -0.507 e. The van der Waals surface area contributed by atoms with Crippen LogP contribution in [0.3, 0.4) is 0 Å². The highest BCUT2D eigenvalue weighted by molar-refractivity contribution is 5.98. The Labute approximate surface area is 80.2 Å². The van der Waals surface area contributed by atoms with Gasteiger partial charge in [-0.05, 0) is 12.1 Å². The Morgan fingerprint density at radius 1 is 1.50 bits per heavy atom. The zero-order chi connectivity index (χ0) is 10.7. The number of hydrogen-bond donors (Lipinski definition) is 1. The van der Waals surface area contributed by atoms with Crippen LogP contribution < -0.4 is 0 Å². The Morgan fingerprint density at radius 3 is 2.57 bits per heavy atom. The molecular weight excluding hydrogens is 190 g/mol. The van der Waals surface area contributed by atoms with Gasteiger partial charge in [0.2, 0.25) is 0 Å². The van der Waals surface area contributed by atoms with Gasteiger partial charge in [-0.3, -0.25) is 4.79 Å². The molecule has 14 heavy (non-hydrogen) atoms. The van der Waals surface area contributed by atoms with E-state index in [9.17, 15) is 18.7 Å². The van der Waals surface area contributed by atoms with Crippen LogP contribution in [-0.4, -0.2) is 10.9 Å². The Bertz CT molecular complexity index is 348. The summed E-state index contributed by atoms with van der Waals surface area (Å²) < 4.78 is 24.3. The molecule has 0 saturated heterocycles. The third-order valence-corrected chi connectivity index (χ3v) is 1.90. The molecule has 1 rings (SSSR count). The number of rotatable bonds is 3. The van der Waals surface area contributed by atoms with E-state index in [0.717, 1.165) is 12.1 Å². The summed E-state index contributed by atoms with van der Waals surface area (Å²) in [6, 6.07) is 3.30. The molecule has 0 atom stereocenters. The molecule has 76 valence electrons. The maximum atomic E-state index is 12.2. The average molecular weight is 200 g/mol. The highest BCUT2D eigenvalue weighted by Gasteiger charge is 2.13. The van der Waals surface area contributed by atoms with Crippen LogP contribution in [0.5, 0.6) is 5.75 Å². The molecule has 0 aliphatic heterocycles. The number of ketones is 1. The van der Waals surface area contributed by atoms with E-state index in [4.69, 9.17) is 0 Å². The summed E-state index contributed by atoms with van der Waals surface area (Å²) in [5.74, 6) is -0.641. The minimum atomic E-state index is -2.63. The summed E-state index contributed by atoms with van der Waals surface area (Å²) in [6.45, 7) is 1.64. The number of aromatic hydroxyl groups is 1. The van der Waals surface area contributed by atoms with Gasteiger partial charge < -0.3 is 5.11 Å². The molecule has 0 radical (unpaired) electrons. The van der Waals surface area contributed by atoms with Crippen molar-refractivity contribution in [2.24, 2.45) is 0 Å². The van der Waals surface area contributed by atoms with Gasteiger partial charge in [-0.25, -0.2) is 8.78 Å². The van der Waals surface area contributed by atoms with Crippen LogP contribution in [0, 0.1) is 0 Å². The van der Waals surface area contributed by atoms with Crippen LogP contribution in [-0.2, 0) is 0 Å². The first kappa shape index (κ1) is 10.6. The van der Waals surface area contributed by atoms with Gasteiger partial charge >= 0.3 is 0 Å². The zero-order valence-corrected chi connectivity index (χ0v) is 7.63. The first-order chi connectivity index (χ1) is 6.56. The van der Waals surface area contributed by atoms with Crippen molar-refractivity contribution in [3.05, 3.63) is 29.3 Å². The zero-order valence-electron chi connectivity index (χ0n) is 7.63. The normalized spacial score (nSPS) is 10.6. The second-order valence-electron chi connectivity index (χ2n) is 2.85. The van der Waals surface area contributed by atoms with Gasteiger partial charge in [-0.2, -0.15) is 0 Å². The lowest BCUT2D eigenvalue weighted by molar-refractivity contribution is 0.0985. The Hall–Kier alpha value is -1.45. The van der Waals surface area contributed by atoms with Crippen LogP contribution in [0.4, 0.5) is 8.78 Å². The van der Waals surface area contributed by atoms with Crippen LogP contribution in [0.25, 0.3) is 0 Å². The fourth-order valence-corrected chi connectivity index (χ4v) is 1.11. The number of halogens is 2. The maximum absolute atomic E-state index is 12.2. The number of carbonyl (C=O) groups excluding carboxylic acids is 1. The quantitative estimate of drug-likeness (QED) is 0.761. The number of hydrogen-bond acceptors (Lipinski definition) is 2. The van der Waals surface area contributed by atoms with Crippen molar-refractivity contribution in [3.63, 3.8) is 0 Å². The molecule has 0 fully saturated rings. The summed E-state index contributed by atoms with van der Waals surface area (Å²) in [5.41, 5.74) is -0.188. The smallest absolute Gasteiger partial charge is 0.263 e. The third kappa shape index (κ3) is 2.07. The van der Waals surface area contributed by atoms with Gasteiger partial charge in [0, 0.05) is 12.0 Å². The van der Waals surface area contributed by atoms with Crippen molar-refractivity contribution in [3.8, 4) is 5.75 Å². The minimum absolute atomic E-state index is 0.0944. The van der Waals surface area contributed by atoms with E-state index in [1.54, 1.807) is 6.92 Å². The number of alkyl halides is 2. The Kier molecular flexibility index (Phi) is 3.17. The molecule has 4 heteroatoms. The van der Waals surface area contributed by atoms with Gasteiger partial charge in [0.1, 0.15) is 5.75 Å². The number of phenolic OH excluding ortho intramolecular Hbond substituents is 1. The third-order valence-electron chi connectivity index (χ3n) is 1.90. The van der Waals surface area contributed by atoms with Crippen LogP contribution in [0.15, 0.2) is 18.2 Å². The fourth-order valence-electron chi connectivity index (χ4n) is 1.11. The lowest BCUT2D eigenvalue weighted by atomic mass is 10.1. The van der Waals surface area contributed by atoms with Gasteiger partial charge in [0.05, 0.1) is 5.56 Å². The molecule has 0 spiro atoms. The fraction of sp³-hybridized carbons (Fsp3) is 0.300. The van der Waals surface area contributed by atoms with E-state index >= 15 is 0 Å². The molecule has 1 aromatic carbocycles. The summed E-state index contributed by atoms with van der Waals surface area (Å²) in [6.07, 6.45) is -2.40. The van der Waals surface area contributed by atoms with E-state index in [1.165, 1.54) is 6.07 Å². The lowest BCUT2D eigenvalue weighted by Crippen LogP contribution is -1.97. The monoisotopic (exact) mass is 200 g/mol. The topological polar surface area (TPSA) is 37.3 Å². The average Bonchev–Trinajstić information content (AvgIpc) is 2.16. The lowest BCUT2D eigenvalue weighted by Gasteiger charge is -2.04. The standard InChI is InChI=1S/C10H10F2O2/c1-2-8(13)7-4-3-6(10(11)12)5-9(7)14/h3-5,10,14H,2H2,1H3. The molecule has 1 N–H and O–H groups in total. The Morgan fingerprint density at radius 2 is 2.14 bits per heavy atom. The van der Waals surface area contributed by atoms with Crippen molar-refractivity contribution in [1.29, 1.82) is 0 Å².